The molecule has 23 heavy (non-hydrogen) atoms. The van der Waals surface area contributed by atoms with E-state index in [2.05, 4.69) is 11.1 Å². The van der Waals surface area contributed by atoms with Crippen molar-refractivity contribution in [1.82, 2.24) is 9.38 Å². The lowest BCUT2D eigenvalue weighted by Gasteiger charge is -2.14. The monoisotopic (exact) mass is 307 g/mol. The quantitative estimate of drug-likeness (QED) is 0.791. The van der Waals surface area contributed by atoms with Gasteiger partial charge in [-0.2, -0.15) is 0 Å². The number of rotatable bonds is 2. The summed E-state index contributed by atoms with van der Waals surface area (Å²) in [6.45, 7) is 2.31. The average molecular weight is 307 g/mol. The Bertz CT molecular complexity index is 914. The van der Waals surface area contributed by atoms with Gasteiger partial charge in [0.2, 0.25) is 5.91 Å². The Balaban J connectivity index is 1.79. The van der Waals surface area contributed by atoms with Crippen molar-refractivity contribution in [2.75, 3.05) is 11.4 Å². The van der Waals surface area contributed by atoms with Crippen molar-refractivity contribution in [2.45, 2.75) is 20.0 Å². The Hall–Kier alpha value is -2.66. The van der Waals surface area contributed by atoms with Crippen molar-refractivity contribution in [2.24, 2.45) is 0 Å². The van der Waals surface area contributed by atoms with Gasteiger partial charge < -0.3 is 14.4 Å². The minimum absolute atomic E-state index is 0.0292. The Labute approximate surface area is 133 Å². The molecule has 1 aliphatic heterocycles. The zero-order valence-electron chi connectivity index (χ0n) is 12.9. The molecule has 1 aromatic carbocycles. The van der Waals surface area contributed by atoms with Gasteiger partial charge in [-0.3, -0.25) is 4.79 Å². The molecule has 0 atom stereocenters. The molecule has 1 N–H and O–H groups in total. The number of hydrogen-bond donors (Lipinski definition) is 1. The molecule has 0 spiro atoms. The van der Waals surface area contributed by atoms with Gasteiger partial charge in [0.1, 0.15) is 5.65 Å². The summed E-state index contributed by atoms with van der Waals surface area (Å²) in [6, 6.07) is 9.88. The van der Waals surface area contributed by atoms with E-state index < -0.39 is 0 Å². The number of carbonyl (C=O) groups is 1. The molecule has 0 bridgehead atoms. The number of fused-ring (bicyclic) bond motifs is 2. The van der Waals surface area contributed by atoms with E-state index >= 15 is 0 Å². The van der Waals surface area contributed by atoms with Gasteiger partial charge in [-0.1, -0.05) is 12.1 Å². The van der Waals surface area contributed by atoms with E-state index in [9.17, 15) is 9.90 Å². The molecule has 1 aliphatic rings. The van der Waals surface area contributed by atoms with Crippen molar-refractivity contribution in [3.8, 4) is 11.3 Å². The van der Waals surface area contributed by atoms with Crippen LogP contribution in [0.2, 0.25) is 0 Å². The summed E-state index contributed by atoms with van der Waals surface area (Å²) in [7, 11) is 0. The lowest BCUT2D eigenvalue weighted by molar-refractivity contribution is -0.116. The first-order valence-electron chi connectivity index (χ1n) is 7.66. The summed E-state index contributed by atoms with van der Waals surface area (Å²) in [5.41, 5.74) is 5.66. The van der Waals surface area contributed by atoms with E-state index in [-0.39, 0.29) is 12.5 Å². The SMILES string of the molecule is CC(=O)N1CCc2cc(-c3cn4cccc(CO)c4n3)ccc21. The van der Waals surface area contributed by atoms with Crippen LogP contribution in [0.1, 0.15) is 18.1 Å². The minimum Gasteiger partial charge on any atom is -0.392 e. The second-order valence-electron chi connectivity index (χ2n) is 5.81. The third-order valence-corrected chi connectivity index (χ3v) is 4.38. The first-order valence-corrected chi connectivity index (χ1v) is 7.66. The highest BCUT2D eigenvalue weighted by atomic mass is 16.3. The topological polar surface area (TPSA) is 57.8 Å². The number of amides is 1. The second kappa shape index (κ2) is 5.21. The maximum Gasteiger partial charge on any atom is 0.223 e. The molecule has 0 fully saturated rings. The zero-order chi connectivity index (χ0) is 16.0. The predicted molar refractivity (Wildman–Crippen MR) is 88.3 cm³/mol. The van der Waals surface area contributed by atoms with Gasteiger partial charge in [-0.15, -0.1) is 0 Å². The first-order chi connectivity index (χ1) is 11.2. The van der Waals surface area contributed by atoms with Crippen molar-refractivity contribution in [3.63, 3.8) is 0 Å². The number of aliphatic hydroxyl groups excluding tert-OH is 1. The summed E-state index contributed by atoms with van der Waals surface area (Å²) >= 11 is 0. The molecule has 3 heterocycles. The molecule has 5 heteroatoms. The lowest BCUT2D eigenvalue weighted by atomic mass is 10.1. The molecule has 5 nitrogen and oxygen atoms in total. The van der Waals surface area contributed by atoms with E-state index in [1.54, 1.807) is 6.92 Å². The number of nitrogens with zero attached hydrogens (tertiary/aromatic N) is 3. The van der Waals surface area contributed by atoms with Gasteiger partial charge >= 0.3 is 0 Å². The summed E-state index contributed by atoms with van der Waals surface area (Å²) in [6.07, 6.45) is 4.77. The lowest BCUT2D eigenvalue weighted by Crippen LogP contribution is -2.25. The van der Waals surface area contributed by atoms with Crippen molar-refractivity contribution in [3.05, 3.63) is 53.9 Å². The first kappa shape index (κ1) is 14.0. The van der Waals surface area contributed by atoms with Crippen LogP contribution in [0.3, 0.4) is 0 Å². The molecular formula is C18H17N3O2. The van der Waals surface area contributed by atoms with Gasteiger partial charge in [-0.25, -0.2) is 4.98 Å². The summed E-state index contributed by atoms with van der Waals surface area (Å²) in [5.74, 6) is 0.0804. The van der Waals surface area contributed by atoms with E-state index in [0.29, 0.717) is 0 Å². The van der Waals surface area contributed by atoms with Crippen LogP contribution >= 0.6 is 0 Å². The molecule has 4 rings (SSSR count). The molecule has 2 aromatic heterocycles. The van der Waals surface area contributed by atoms with E-state index in [1.807, 2.05) is 46.0 Å². The van der Waals surface area contributed by atoms with E-state index in [4.69, 9.17) is 0 Å². The third-order valence-electron chi connectivity index (χ3n) is 4.38. The average Bonchev–Trinajstić information content (AvgIpc) is 3.17. The van der Waals surface area contributed by atoms with Crippen LogP contribution < -0.4 is 4.90 Å². The number of pyridine rings is 1. The molecular weight excluding hydrogens is 290 g/mol. The Morgan fingerprint density at radius 3 is 3.00 bits per heavy atom. The van der Waals surface area contributed by atoms with Crippen LogP contribution in [0.25, 0.3) is 16.9 Å². The number of imidazole rings is 1. The fourth-order valence-corrected chi connectivity index (χ4v) is 3.22. The maximum atomic E-state index is 11.6. The fraction of sp³-hybridized carbons (Fsp3) is 0.222. The van der Waals surface area contributed by atoms with Crippen LogP contribution in [-0.4, -0.2) is 26.9 Å². The molecule has 0 aliphatic carbocycles. The van der Waals surface area contributed by atoms with Crippen molar-refractivity contribution in [1.29, 1.82) is 0 Å². The van der Waals surface area contributed by atoms with Crippen LogP contribution in [-0.2, 0) is 17.8 Å². The van der Waals surface area contributed by atoms with Gasteiger partial charge in [0.05, 0.1) is 12.3 Å². The summed E-state index contributed by atoms with van der Waals surface area (Å²) in [4.78, 5) is 18.1. The van der Waals surface area contributed by atoms with Crippen molar-refractivity contribution >= 4 is 17.2 Å². The number of anilines is 1. The van der Waals surface area contributed by atoms with Crippen LogP contribution in [0.4, 0.5) is 5.69 Å². The summed E-state index contributed by atoms with van der Waals surface area (Å²) in [5, 5.41) is 9.43. The Morgan fingerprint density at radius 2 is 2.22 bits per heavy atom. The number of aromatic nitrogens is 2. The summed E-state index contributed by atoms with van der Waals surface area (Å²) < 4.78 is 1.93. The highest BCUT2D eigenvalue weighted by molar-refractivity contribution is 5.94. The number of hydrogen-bond acceptors (Lipinski definition) is 3. The fourth-order valence-electron chi connectivity index (χ4n) is 3.22. The molecule has 1 amide bonds. The zero-order valence-corrected chi connectivity index (χ0v) is 12.9. The number of aliphatic hydroxyl groups is 1. The van der Waals surface area contributed by atoms with Crippen molar-refractivity contribution < 1.29 is 9.90 Å². The molecule has 0 saturated carbocycles. The molecule has 3 aromatic rings. The largest absolute Gasteiger partial charge is 0.392 e. The van der Waals surface area contributed by atoms with Crippen LogP contribution in [0, 0.1) is 0 Å². The second-order valence-corrected chi connectivity index (χ2v) is 5.81. The maximum absolute atomic E-state index is 11.6. The normalized spacial score (nSPS) is 13.6. The predicted octanol–water partition coefficient (Wildman–Crippen LogP) is 2.40. The van der Waals surface area contributed by atoms with Gasteiger partial charge in [0.25, 0.3) is 0 Å². The van der Waals surface area contributed by atoms with Crippen LogP contribution in [0.5, 0.6) is 0 Å². The van der Waals surface area contributed by atoms with Gasteiger partial charge in [0.15, 0.2) is 0 Å². The molecule has 0 radical (unpaired) electrons. The standard InChI is InChI=1S/C18H17N3O2/c1-12(23)21-8-6-14-9-13(4-5-17(14)21)16-10-20-7-2-3-15(11-22)18(20)19-16/h2-5,7,9-10,22H,6,8,11H2,1H3. The van der Waals surface area contributed by atoms with Gasteiger partial charge in [-0.05, 0) is 30.2 Å². The highest BCUT2D eigenvalue weighted by Crippen LogP contribution is 2.32. The highest BCUT2D eigenvalue weighted by Gasteiger charge is 2.22. The minimum atomic E-state index is -0.0292. The molecule has 0 saturated heterocycles. The Kier molecular flexibility index (Phi) is 3.16. The van der Waals surface area contributed by atoms with E-state index in [1.165, 1.54) is 5.56 Å². The third kappa shape index (κ3) is 2.21. The molecule has 116 valence electrons. The number of carbonyl (C=O) groups excluding carboxylic acids is 1. The smallest absolute Gasteiger partial charge is 0.223 e. The number of benzene rings is 1. The van der Waals surface area contributed by atoms with Crippen LogP contribution in [0.15, 0.2) is 42.7 Å². The molecule has 0 unspecified atom stereocenters. The van der Waals surface area contributed by atoms with E-state index in [0.717, 1.165) is 41.1 Å². The Morgan fingerprint density at radius 1 is 1.35 bits per heavy atom. The van der Waals surface area contributed by atoms with Gasteiger partial charge in [0, 0.05) is 42.7 Å².